The summed E-state index contributed by atoms with van der Waals surface area (Å²) in [7, 11) is 0. The summed E-state index contributed by atoms with van der Waals surface area (Å²) < 4.78 is 0. The zero-order valence-corrected chi connectivity index (χ0v) is 9.80. The number of rotatable bonds is 6. The summed E-state index contributed by atoms with van der Waals surface area (Å²) in [6.07, 6.45) is 1.63. The van der Waals surface area contributed by atoms with E-state index in [0.717, 1.165) is 4.88 Å². The number of nitrogens with one attached hydrogen (secondary N) is 2. The molecule has 0 spiro atoms. The van der Waals surface area contributed by atoms with Gasteiger partial charge in [-0.25, -0.2) is 4.79 Å². The van der Waals surface area contributed by atoms with Gasteiger partial charge in [0.25, 0.3) is 0 Å². The summed E-state index contributed by atoms with van der Waals surface area (Å²) in [6, 6.07) is 3.54. The summed E-state index contributed by atoms with van der Waals surface area (Å²) in [5.41, 5.74) is 0. The number of amides is 2. The van der Waals surface area contributed by atoms with E-state index in [1.165, 1.54) is 11.3 Å². The molecule has 0 saturated heterocycles. The molecule has 0 bridgehead atoms. The molecular weight excluding hydrogens is 224 g/mol. The quantitative estimate of drug-likeness (QED) is 0.662. The first-order chi connectivity index (χ1) is 7.74. The molecule has 0 aliphatic rings. The highest BCUT2D eigenvalue weighted by molar-refractivity contribution is 7.10. The van der Waals surface area contributed by atoms with E-state index < -0.39 is 6.10 Å². The minimum Gasteiger partial charge on any atom is -0.388 e. The number of carbonyl (C=O) groups is 1. The van der Waals surface area contributed by atoms with Crippen molar-refractivity contribution in [1.82, 2.24) is 10.6 Å². The highest BCUT2D eigenvalue weighted by Crippen LogP contribution is 2.20. The molecule has 4 nitrogen and oxygen atoms in total. The molecule has 0 fully saturated rings. The summed E-state index contributed by atoms with van der Waals surface area (Å²) in [6.45, 7) is 4.38. The number of hydrogen-bond acceptors (Lipinski definition) is 3. The van der Waals surface area contributed by atoms with Gasteiger partial charge in [-0.3, -0.25) is 0 Å². The maximum atomic E-state index is 11.1. The molecule has 0 aliphatic heterocycles. The third-order valence-electron chi connectivity index (χ3n) is 1.98. The maximum Gasteiger partial charge on any atom is 0.315 e. The van der Waals surface area contributed by atoms with Crippen LogP contribution in [0, 0.1) is 0 Å². The van der Waals surface area contributed by atoms with Gasteiger partial charge < -0.3 is 15.7 Å². The van der Waals surface area contributed by atoms with Gasteiger partial charge in [0.05, 0.1) is 6.10 Å². The van der Waals surface area contributed by atoms with Gasteiger partial charge in [-0.05, 0) is 17.9 Å². The lowest BCUT2D eigenvalue weighted by molar-refractivity contribution is 0.170. The molecule has 1 rings (SSSR count). The predicted molar refractivity (Wildman–Crippen MR) is 65.5 cm³/mol. The van der Waals surface area contributed by atoms with E-state index in [0.29, 0.717) is 19.5 Å². The van der Waals surface area contributed by atoms with Gasteiger partial charge in [0, 0.05) is 18.0 Å². The molecule has 1 heterocycles. The van der Waals surface area contributed by atoms with Crippen LogP contribution in [-0.2, 0) is 0 Å². The molecule has 1 aromatic rings. The van der Waals surface area contributed by atoms with Gasteiger partial charge >= 0.3 is 6.03 Å². The summed E-state index contributed by atoms with van der Waals surface area (Å²) in [5.74, 6) is 0. The van der Waals surface area contributed by atoms with Gasteiger partial charge in [-0.2, -0.15) is 0 Å². The number of thiophene rings is 1. The van der Waals surface area contributed by atoms with E-state index in [2.05, 4.69) is 17.2 Å². The average Bonchev–Trinajstić information content (AvgIpc) is 2.79. The third kappa shape index (κ3) is 4.46. The van der Waals surface area contributed by atoms with E-state index >= 15 is 0 Å². The van der Waals surface area contributed by atoms with E-state index in [1.807, 2.05) is 17.5 Å². The fraction of sp³-hybridized carbons (Fsp3) is 0.364. The van der Waals surface area contributed by atoms with Crippen LogP contribution in [0.2, 0.25) is 0 Å². The molecule has 1 unspecified atom stereocenters. The Morgan fingerprint density at radius 2 is 2.44 bits per heavy atom. The van der Waals surface area contributed by atoms with Crippen molar-refractivity contribution in [3.8, 4) is 0 Å². The smallest absolute Gasteiger partial charge is 0.315 e. The molecule has 5 heteroatoms. The average molecular weight is 240 g/mol. The van der Waals surface area contributed by atoms with Crippen LogP contribution in [0.3, 0.4) is 0 Å². The van der Waals surface area contributed by atoms with Gasteiger partial charge in [0.2, 0.25) is 0 Å². The Bertz CT molecular complexity index is 325. The number of urea groups is 1. The Hall–Kier alpha value is -1.33. The lowest BCUT2D eigenvalue weighted by Gasteiger charge is -2.09. The summed E-state index contributed by atoms with van der Waals surface area (Å²) in [5, 5.41) is 16.9. The van der Waals surface area contributed by atoms with Crippen LogP contribution in [-0.4, -0.2) is 24.2 Å². The van der Waals surface area contributed by atoms with Crippen molar-refractivity contribution < 1.29 is 9.90 Å². The lowest BCUT2D eigenvalue weighted by Crippen LogP contribution is -2.36. The van der Waals surface area contributed by atoms with Crippen molar-refractivity contribution in [2.45, 2.75) is 12.5 Å². The second kappa shape index (κ2) is 7.03. The van der Waals surface area contributed by atoms with Crippen LogP contribution >= 0.6 is 11.3 Å². The second-order valence-electron chi connectivity index (χ2n) is 3.25. The van der Waals surface area contributed by atoms with E-state index in [9.17, 15) is 9.90 Å². The molecule has 0 aliphatic carbocycles. The Labute approximate surface area is 99.0 Å². The first-order valence-corrected chi connectivity index (χ1v) is 5.96. The van der Waals surface area contributed by atoms with Crippen LogP contribution < -0.4 is 10.6 Å². The largest absolute Gasteiger partial charge is 0.388 e. The number of aliphatic hydroxyl groups is 1. The Balaban J connectivity index is 2.15. The highest BCUT2D eigenvalue weighted by Gasteiger charge is 2.08. The van der Waals surface area contributed by atoms with Crippen LogP contribution in [0.5, 0.6) is 0 Å². The van der Waals surface area contributed by atoms with Crippen molar-refractivity contribution in [2.24, 2.45) is 0 Å². The SMILES string of the molecule is C=CCNC(=O)NCCC(O)c1cccs1. The predicted octanol–water partition coefficient (Wildman–Crippen LogP) is 1.66. The molecular formula is C11H16N2O2S. The number of carbonyl (C=O) groups excluding carboxylic acids is 1. The molecule has 3 N–H and O–H groups in total. The standard InChI is InChI=1S/C11H16N2O2S/c1-2-6-12-11(15)13-7-5-9(14)10-4-3-8-16-10/h2-4,8-9,14H,1,5-7H2,(H2,12,13,15). The molecule has 16 heavy (non-hydrogen) atoms. The summed E-state index contributed by atoms with van der Waals surface area (Å²) in [4.78, 5) is 12.0. The summed E-state index contributed by atoms with van der Waals surface area (Å²) >= 11 is 1.51. The molecule has 0 radical (unpaired) electrons. The fourth-order valence-corrected chi connectivity index (χ4v) is 1.92. The first kappa shape index (κ1) is 12.7. The molecule has 88 valence electrons. The van der Waals surface area contributed by atoms with Gasteiger partial charge in [-0.15, -0.1) is 17.9 Å². The number of aliphatic hydroxyl groups excluding tert-OH is 1. The molecule has 0 saturated carbocycles. The zero-order chi connectivity index (χ0) is 11.8. The van der Waals surface area contributed by atoms with Gasteiger partial charge in [0.1, 0.15) is 0 Å². The van der Waals surface area contributed by atoms with E-state index in [4.69, 9.17) is 0 Å². The fourth-order valence-electron chi connectivity index (χ4n) is 1.17. The van der Waals surface area contributed by atoms with E-state index in [1.54, 1.807) is 6.08 Å². The maximum absolute atomic E-state index is 11.1. The molecule has 1 aromatic heterocycles. The van der Waals surface area contributed by atoms with Crippen LogP contribution in [0.1, 0.15) is 17.4 Å². The minimum atomic E-state index is -0.500. The molecule has 0 aromatic carbocycles. The second-order valence-corrected chi connectivity index (χ2v) is 4.22. The first-order valence-electron chi connectivity index (χ1n) is 5.08. The molecule has 2 amide bonds. The highest BCUT2D eigenvalue weighted by atomic mass is 32.1. The van der Waals surface area contributed by atoms with Crippen LogP contribution in [0.25, 0.3) is 0 Å². The molecule has 1 atom stereocenters. The minimum absolute atomic E-state index is 0.238. The zero-order valence-electron chi connectivity index (χ0n) is 8.98. The van der Waals surface area contributed by atoms with Gasteiger partial charge in [0.15, 0.2) is 0 Å². The van der Waals surface area contributed by atoms with Crippen molar-refractivity contribution in [2.75, 3.05) is 13.1 Å². The monoisotopic (exact) mass is 240 g/mol. The Kier molecular flexibility index (Phi) is 5.60. The normalized spacial score (nSPS) is 11.8. The van der Waals surface area contributed by atoms with Crippen molar-refractivity contribution >= 4 is 17.4 Å². The van der Waals surface area contributed by atoms with Crippen molar-refractivity contribution in [3.63, 3.8) is 0 Å². The topological polar surface area (TPSA) is 61.4 Å². The third-order valence-corrected chi connectivity index (χ3v) is 2.96. The van der Waals surface area contributed by atoms with Crippen molar-refractivity contribution in [3.05, 3.63) is 35.0 Å². The van der Waals surface area contributed by atoms with Gasteiger partial charge in [-0.1, -0.05) is 12.1 Å². The van der Waals surface area contributed by atoms with Crippen molar-refractivity contribution in [1.29, 1.82) is 0 Å². The Morgan fingerprint density at radius 3 is 3.06 bits per heavy atom. The van der Waals surface area contributed by atoms with Crippen LogP contribution in [0.15, 0.2) is 30.2 Å². The van der Waals surface area contributed by atoms with Crippen LogP contribution in [0.4, 0.5) is 4.79 Å². The number of hydrogen-bond donors (Lipinski definition) is 3. The lowest BCUT2D eigenvalue weighted by atomic mass is 10.2. The van der Waals surface area contributed by atoms with E-state index in [-0.39, 0.29) is 6.03 Å². The Morgan fingerprint density at radius 1 is 1.62 bits per heavy atom.